The van der Waals surface area contributed by atoms with E-state index in [1.807, 2.05) is 36.4 Å². The Balaban J connectivity index is 1.19. The number of hydrogen-bond acceptors (Lipinski definition) is 3. The molecule has 0 saturated heterocycles. The molecule has 0 aliphatic heterocycles. The average molecular weight is 729 g/mol. The molecule has 5 heteroatoms. The molecule has 0 unspecified atom stereocenters. The lowest BCUT2D eigenvalue weighted by Crippen LogP contribution is -2.04. The molecule has 0 spiro atoms. The minimum atomic E-state index is 0.668. The smallest absolute Gasteiger partial charge is 0.162 e. The highest BCUT2D eigenvalue weighted by molar-refractivity contribution is 6.24. The van der Waals surface area contributed by atoms with Crippen molar-refractivity contribution < 1.29 is 4.42 Å². The van der Waals surface area contributed by atoms with Gasteiger partial charge in [-0.05, 0) is 35.4 Å². The summed E-state index contributed by atoms with van der Waals surface area (Å²) in [6.45, 7) is 0. The van der Waals surface area contributed by atoms with Gasteiger partial charge in [-0.2, -0.15) is 0 Å². The predicted octanol–water partition coefficient (Wildman–Crippen LogP) is 13.6. The molecule has 0 atom stereocenters. The highest BCUT2D eigenvalue weighted by Crippen LogP contribution is 2.44. The summed E-state index contributed by atoms with van der Waals surface area (Å²) in [5.41, 5.74) is 12.2. The van der Waals surface area contributed by atoms with Gasteiger partial charge in [-0.25, -0.2) is 9.97 Å². The Morgan fingerprint density at radius 1 is 0.368 bits per heavy atom. The second-order valence-electron chi connectivity index (χ2n) is 14.6. The first kappa shape index (κ1) is 31.6. The fourth-order valence-corrected chi connectivity index (χ4v) is 8.77. The molecule has 0 bridgehead atoms. The first-order valence-electron chi connectivity index (χ1n) is 19.3. The largest absolute Gasteiger partial charge is 0.454 e. The van der Waals surface area contributed by atoms with Gasteiger partial charge in [0.25, 0.3) is 0 Å². The summed E-state index contributed by atoms with van der Waals surface area (Å²) in [6, 6.07) is 68.2. The fourth-order valence-electron chi connectivity index (χ4n) is 8.77. The molecule has 5 nitrogen and oxygen atoms in total. The Morgan fingerprint density at radius 3 is 1.63 bits per heavy atom. The van der Waals surface area contributed by atoms with Crippen LogP contribution in [0.2, 0.25) is 0 Å². The van der Waals surface area contributed by atoms with Crippen LogP contribution in [0, 0.1) is 0 Å². The van der Waals surface area contributed by atoms with E-state index >= 15 is 0 Å². The summed E-state index contributed by atoms with van der Waals surface area (Å²) in [4.78, 5) is 10.6. The quantitative estimate of drug-likeness (QED) is 0.177. The van der Waals surface area contributed by atoms with Gasteiger partial charge in [0, 0.05) is 49.5 Å². The second kappa shape index (κ2) is 12.4. The SMILES string of the molecule is c1ccc(-c2ccc(-c3cc(-n4c5ccccc5c5ccc6c7ccccc7n(-c7cccc8c7oc7ccccc78)c6c54)nc(-c4ccccc4)n3)cc2)cc1. The molecule has 0 radical (unpaired) electrons. The van der Waals surface area contributed by atoms with Crippen LogP contribution in [0.5, 0.6) is 0 Å². The molecule has 0 N–H and O–H groups in total. The maximum Gasteiger partial charge on any atom is 0.162 e. The summed E-state index contributed by atoms with van der Waals surface area (Å²) >= 11 is 0. The molecule has 4 heterocycles. The van der Waals surface area contributed by atoms with Crippen LogP contribution in [0.1, 0.15) is 0 Å². The number of nitrogens with zero attached hydrogens (tertiary/aromatic N) is 4. The average Bonchev–Trinajstić information content (AvgIpc) is 3.95. The number of para-hydroxylation sites is 4. The summed E-state index contributed by atoms with van der Waals surface area (Å²) in [7, 11) is 0. The van der Waals surface area contributed by atoms with Crippen LogP contribution < -0.4 is 0 Å². The molecule has 12 rings (SSSR count). The number of benzene rings is 8. The van der Waals surface area contributed by atoms with Gasteiger partial charge < -0.3 is 8.98 Å². The number of rotatable bonds is 5. The van der Waals surface area contributed by atoms with Crippen molar-refractivity contribution in [2.75, 3.05) is 0 Å². The van der Waals surface area contributed by atoms with E-state index in [0.29, 0.717) is 5.82 Å². The maximum absolute atomic E-state index is 6.71. The molecular weight excluding hydrogens is 697 g/mol. The van der Waals surface area contributed by atoms with Gasteiger partial charge in [0.2, 0.25) is 0 Å². The Hall–Kier alpha value is -7.76. The minimum Gasteiger partial charge on any atom is -0.454 e. The van der Waals surface area contributed by atoms with Crippen LogP contribution in [0.4, 0.5) is 0 Å². The highest BCUT2D eigenvalue weighted by Gasteiger charge is 2.24. The van der Waals surface area contributed by atoms with Crippen molar-refractivity contribution in [1.82, 2.24) is 19.1 Å². The third-order valence-corrected chi connectivity index (χ3v) is 11.4. The van der Waals surface area contributed by atoms with Crippen LogP contribution in [-0.2, 0) is 0 Å². The van der Waals surface area contributed by atoms with Gasteiger partial charge >= 0.3 is 0 Å². The minimum absolute atomic E-state index is 0.668. The Kier molecular flexibility index (Phi) is 6.86. The standard InChI is InChI=1S/C52H32N4O/c1-3-14-33(15-4-1)34-26-28-35(29-27-34)43-32-48(54-52(53-43)36-16-5-2-6-17-36)56-45-23-11-8-19-38(45)41-31-30-40-37-18-7-10-22-44(37)55(49(40)50(41)56)46-24-13-21-42-39-20-9-12-25-47(39)57-51(42)46/h1-32H. The number of aromatic nitrogens is 4. The van der Waals surface area contributed by atoms with Crippen molar-refractivity contribution in [1.29, 1.82) is 0 Å². The molecule has 0 aliphatic carbocycles. The normalized spacial score (nSPS) is 11.9. The van der Waals surface area contributed by atoms with Gasteiger partial charge in [0.15, 0.2) is 11.4 Å². The molecule has 8 aromatic carbocycles. The van der Waals surface area contributed by atoms with Crippen molar-refractivity contribution in [3.63, 3.8) is 0 Å². The third-order valence-electron chi connectivity index (χ3n) is 11.4. The van der Waals surface area contributed by atoms with Crippen molar-refractivity contribution in [3.8, 4) is 45.3 Å². The molecule has 57 heavy (non-hydrogen) atoms. The van der Waals surface area contributed by atoms with E-state index in [0.717, 1.165) is 94.1 Å². The molecule has 266 valence electrons. The lowest BCUT2D eigenvalue weighted by atomic mass is 10.0. The van der Waals surface area contributed by atoms with Gasteiger partial charge in [-0.3, -0.25) is 4.57 Å². The van der Waals surface area contributed by atoms with Crippen molar-refractivity contribution in [2.45, 2.75) is 0 Å². The Morgan fingerprint density at radius 2 is 0.912 bits per heavy atom. The molecule has 0 aliphatic rings. The van der Waals surface area contributed by atoms with Crippen molar-refractivity contribution >= 4 is 65.6 Å². The van der Waals surface area contributed by atoms with E-state index in [2.05, 4.69) is 167 Å². The summed E-state index contributed by atoms with van der Waals surface area (Å²) in [6.07, 6.45) is 0. The zero-order chi connectivity index (χ0) is 37.5. The highest BCUT2D eigenvalue weighted by atomic mass is 16.3. The molecule has 0 amide bonds. The van der Waals surface area contributed by atoms with Crippen LogP contribution in [-0.4, -0.2) is 19.1 Å². The van der Waals surface area contributed by atoms with E-state index in [1.165, 1.54) is 10.9 Å². The number of fused-ring (bicyclic) bond motifs is 10. The molecule has 4 aromatic heterocycles. The molecule has 0 saturated carbocycles. The lowest BCUT2D eigenvalue weighted by molar-refractivity contribution is 0.666. The zero-order valence-corrected chi connectivity index (χ0v) is 30.7. The van der Waals surface area contributed by atoms with Crippen LogP contribution >= 0.6 is 0 Å². The number of hydrogen-bond donors (Lipinski definition) is 0. The van der Waals surface area contributed by atoms with E-state index in [1.54, 1.807) is 0 Å². The van der Waals surface area contributed by atoms with Gasteiger partial charge in [0.05, 0.1) is 33.4 Å². The van der Waals surface area contributed by atoms with Crippen LogP contribution in [0.15, 0.2) is 199 Å². The molecule has 0 fully saturated rings. The zero-order valence-electron chi connectivity index (χ0n) is 30.7. The third kappa shape index (κ3) is 4.82. The van der Waals surface area contributed by atoms with Gasteiger partial charge in [-0.1, -0.05) is 164 Å². The first-order valence-corrected chi connectivity index (χ1v) is 19.3. The van der Waals surface area contributed by atoms with Crippen molar-refractivity contribution in [2.24, 2.45) is 0 Å². The van der Waals surface area contributed by atoms with Gasteiger partial charge in [0.1, 0.15) is 11.4 Å². The number of furan rings is 1. The van der Waals surface area contributed by atoms with E-state index < -0.39 is 0 Å². The summed E-state index contributed by atoms with van der Waals surface area (Å²) < 4.78 is 11.5. The van der Waals surface area contributed by atoms with Crippen LogP contribution in [0.3, 0.4) is 0 Å². The Bertz CT molecular complexity index is 3500. The summed E-state index contributed by atoms with van der Waals surface area (Å²) in [5.74, 6) is 1.46. The summed E-state index contributed by atoms with van der Waals surface area (Å²) in [5, 5.41) is 6.82. The first-order chi connectivity index (χ1) is 28.3. The van der Waals surface area contributed by atoms with Gasteiger partial charge in [-0.15, -0.1) is 0 Å². The van der Waals surface area contributed by atoms with Crippen molar-refractivity contribution in [3.05, 3.63) is 194 Å². The lowest BCUT2D eigenvalue weighted by Gasteiger charge is -2.14. The van der Waals surface area contributed by atoms with E-state index in [9.17, 15) is 0 Å². The maximum atomic E-state index is 6.71. The van der Waals surface area contributed by atoms with E-state index in [-0.39, 0.29) is 0 Å². The predicted molar refractivity (Wildman–Crippen MR) is 234 cm³/mol. The fraction of sp³-hybridized carbons (Fsp3) is 0. The second-order valence-corrected chi connectivity index (χ2v) is 14.6. The molecule has 12 aromatic rings. The van der Waals surface area contributed by atoms with E-state index in [4.69, 9.17) is 14.4 Å². The molecular formula is C52H32N4O. The monoisotopic (exact) mass is 728 g/mol. The van der Waals surface area contributed by atoms with Crippen LogP contribution in [0.25, 0.3) is 111 Å². The topological polar surface area (TPSA) is 48.8 Å². The Labute approximate surface area is 327 Å².